The van der Waals surface area contributed by atoms with Gasteiger partial charge in [0.2, 0.25) is 0 Å². The predicted octanol–water partition coefficient (Wildman–Crippen LogP) is 4.20. The summed E-state index contributed by atoms with van der Waals surface area (Å²) in [5.41, 5.74) is 2.15. The molecule has 0 spiro atoms. The summed E-state index contributed by atoms with van der Waals surface area (Å²) in [6.07, 6.45) is 0. The summed E-state index contributed by atoms with van der Waals surface area (Å²) in [7, 11) is 0. The molecule has 0 unspecified atom stereocenters. The van der Waals surface area contributed by atoms with Crippen LogP contribution >= 0.6 is 23.2 Å². The molecule has 2 rings (SSSR count). The topological polar surface area (TPSA) is 24.1 Å². The second kappa shape index (κ2) is 7.39. The molecule has 0 aliphatic rings. The van der Waals surface area contributed by atoms with Crippen molar-refractivity contribution in [3.05, 3.63) is 64.1 Å². The maximum atomic E-state index is 6.09. The quantitative estimate of drug-likeness (QED) is 0.781. The molecule has 2 N–H and O–H groups in total. The Morgan fingerprint density at radius 3 is 2.42 bits per heavy atom. The van der Waals surface area contributed by atoms with Gasteiger partial charge in [-0.1, -0.05) is 59.6 Å². The highest BCUT2D eigenvalue weighted by Crippen LogP contribution is 2.29. The van der Waals surface area contributed by atoms with E-state index in [4.69, 9.17) is 23.2 Å². The Hall–Kier alpha value is -1.22. The second-order valence-electron chi connectivity index (χ2n) is 4.19. The molecule has 0 heterocycles. The minimum absolute atomic E-state index is 0.573. The van der Waals surface area contributed by atoms with Crippen LogP contribution in [0.25, 0.3) is 0 Å². The molecule has 0 aromatic heterocycles. The molecule has 0 amide bonds. The van der Waals surface area contributed by atoms with E-state index in [1.165, 1.54) is 5.56 Å². The highest BCUT2D eigenvalue weighted by molar-refractivity contribution is 6.43. The number of hydrogen-bond acceptors (Lipinski definition) is 2. The Morgan fingerprint density at radius 2 is 1.63 bits per heavy atom. The zero-order valence-electron chi connectivity index (χ0n) is 10.5. The first-order chi connectivity index (χ1) is 9.27. The number of hydrogen-bond donors (Lipinski definition) is 2. The van der Waals surface area contributed by atoms with Crippen molar-refractivity contribution in [2.75, 3.05) is 18.4 Å². The predicted molar refractivity (Wildman–Crippen MR) is 83.1 cm³/mol. The fourth-order valence-corrected chi connectivity index (χ4v) is 2.12. The summed E-state index contributed by atoms with van der Waals surface area (Å²) in [6, 6.07) is 15.9. The summed E-state index contributed by atoms with van der Waals surface area (Å²) in [5.74, 6) is 0. The maximum Gasteiger partial charge on any atom is 0.0823 e. The van der Waals surface area contributed by atoms with Crippen molar-refractivity contribution in [3.8, 4) is 0 Å². The van der Waals surface area contributed by atoms with Gasteiger partial charge in [-0.25, -0.2) is 0 Å². The van der Waals surface area contributed by atoms with Crippen molar-refractivity contribution in [1.82, 2.24) is 5.32 Å². The summed E-state index contributed by atoms with van der Waals surface area (Å²) in [4.78, 5) is 0. The largest absolute Gasteiger partial charge is 0.383 e. The van der Waals surface area contributed by atoms with Crippen LogP contribution in [0.5, 0.6) is 0 Å². The molecule has 2 aromatic carbocycles. The molecule has 0 radical (unpaired) electrons. The van der Waals surface area contributed by atoms with E-state index >= 15 is 0 Å². The third-order valence-electron chi connectivity index (χ3n) is 2.74. The van der Waals surface area contributed by atoms with Crippen LogP contribution in [0.15, 0.2) is 48.5 Å². The summed E-state index contributed by atoms with van der Waals surface area (Å²) >= 11 is 12.0. The van der Waals surface area contributed by atoms with Crippen molar-refractivity contribution in [2.45, 2.75) is 6.54 Å². The molecule has 0 fully saturated rings. The van der Waals surface area contributed by atoms with E-state index in [0.29, 0.717) is 10.0 Å². The van der Waals surface area contributed by atoms with Gasteiger partial charge in [-0.3, -0.25) is 0 Å². The van der Waals surface area contributed by atoms with E-state index in [-0.39, 0.29) is 0 Å². The molecular formula is C15H16Cl2N2. The Bertz CT molecular complexity index is 515. The molecule has 4 heteroatoms. The van der Waals surface area contributed by atoms with Gasteiger partial charge < -0.3 is 10.6 Å². The van der Waals surface area contributed by atoms with Gasteiger partial charge in [0.1, 0.15) is 0 Å². The van der Waals surface area contributed by atoms with Crippen LogP contribution in [0.4, 0.5) is 5.69 Å². The highest BCUT2D eigenvalue weighted by atomic mass is 35.5. The van der Waals surface area contributed by atoms with Crippen molar-refractivity contribution < 1.29 is 0 Å². The van der Waals surface area contributed by atoms with E-state index in [1.54, 1.807) is 6.07 Å². The Morgan fingerprint density at radius 1 is 0.842 bits per heavy atom. The average Bonchev–Trinajstić information content (AvgIpc) is 2.44. The van der Waals surface area contributed by atoms with E-state index in [0.717, 1.165) is 25.3 Å². The fourth-order valence-electron chi connectivity index (χ4n) is 1.75. The molecule has 0 aliphatic carbocycles. The standard InChI is InChI=1S/C15H16Cl2N2/c16-13-7-4-8-14(15(13)17)19-10-9-18-11-12-5-2-1-3-6-12/h1-8,18-19H,9-11H2. The Kier molecular flexibility index (Phi) is 5.52. The first-order valence-electron chi connectivity index (χ1n) is 6.20. The maximum absolute atomic E-state index is 6.09. The molecule has 0 saturated heterocycles. The third kappa shape index (κ3) is 4.43. The molecule has 2 aromatic rings. The zero-order valence-corrected chi connectivity index (χ0v) is 12.0. The zero-order chi connectivity index (χ0) is 13.5. The number of benzene rings is 2. The average molecular weight is 295 g/mol. The van der Waals surface area contributed by atoms with Crippen molar-refractivity contribution in [2.24, 2.45) is 0 Å². The van der Waals surface area contributed by atoms with Gasteiger partial charge in [0.05, 0.1) is 15.7 Å². The van der Waals surface area contributed by atoms with Gasteiger partial charge >= 0.3 is 0 Å². The highest BCUT2D eigenvalue weighted by Gasteiger charge is 2.02. The Balaban J connectivity index is 1.71. The van der Waals surface area contributed by atoms with Crippen LogP contribution in [0.1, 0.15) is 5.56 Å². The normalized spacial score (nSPS) is 10.4. The number of anilines is 1. The second-order valence-corrected chi connectivity index (χ2v) is 4.98. The van der Waals surface area contributed by atoms with E-state index in [1.807, 2.05) is 30.3 Å². The first kappa shape index (κ1) is 14.2. The molecule has 0 aliphatic heterocycles. The van der Waals surface area contributed by atoms with Gasteiger partial charge in [-0.15, -0.1) is 0 Å². The van der Waals surface area contributed by atoms with Crippen LogP contribution in [0, 0.1) is 0 Å². The van der Waals surface area contributed by atoms with Crippen molar-refractivity contribution >= 4 is 28.9 Å². The van der Waals surface area contributed by atoms with Crippen LogP contribution in [-0.4, -0.2) is 13.1 Å². The van der Waals surface area contributed by atoms with Crippen LogP contribution in [0.3, 0.4) is 0 Å². The number of halogens is 2. The molecule has 0 atom stereocenters. The number of nitrogens with one attached hydrogen (secondary N) is 2. The summed E-state index contributed by atoms with van der Waals surface area (Å²) < 4.78 is 0. The van der Waals surface area contributed by atoms with Crippen LogP contribution in [0.2, 0.25) is 10.0 Å². The van der Waals surface area contributed by atoms with Crippen molar-refractivity contribution in [1.29, 1.82) is 0 Å². The minimum Gasteiger partial charge on any atom is -0.383 e. The molecule has 19 heavy (non-hydrogen) atoms. The monoisotopic (exact) mass is 294 g/mol. The molecule has 2 nitrogen and oxygen atoms in total. The lowest BCUT2D eigenvalue weighted by atomic mass is 10.2. The third-order valence-corrected chi connectivity index (χ3v) is 3.56. The lowest BCUT2D eigenvalue weighted by Gasteiger charge is -2.10. The van der Waals surface area contributed by atoms with Gasteiger partial charge in [-0.05, 0) is 17.7 Å². The molecule has 0 saturated carbocycles. The lowest BCUT2D eigenvalue weighted by Crippen LogP contribution is -2.21. The van der Waals surface area contributed by atoms with Gasteiger partial charge in [-0.2, -0.15) is 0 Å². The van der Waals surface area contributed by atoms with E-state index in [9.17, 15) is 0 Å². The molecular weight excluding hydrogens is 279 g/mol. The molecule has 100 valence electrons. The van der Waals surface area contributed by atoms with E-state index in [2.05, 4.69) is 22.8 Å². The summed E-state index contributed by atoms with van der Waals surface area (Å²) in [5, 5.41) is 7.78. The molecule has 0 bridgehead atoms. The lowest BCUT2D eigenvalue weighted by molar-refractivity contribution is 0.707. The van der Waals surface area contributed by atoms with Gasteiger partial charge in [0, 0.05) is 19.6 Å². The first-order valence-corrected chi connectivity index (χ1v) is 6.95. The minimum atomic E-state index is 0.573. The summed E-state index contributed by atoms with van der Waals surface area (Å²) in [6.45, 7) is 2.52. The smallest absolute Gasteiger partial charge is 0.0823 e. The fraction of sp³-hybridized carbons (Fsp3) is 0.200. The van der Waals surface area contributed by atoms with Crippen LogP contribution < -0.4 is 10.6 Å². The van der Waals surface area contributed by atoms with Crippen LogP contribution in [-0.2, 0) is 6.54 Å². The Labute approximate surface area is 123 Å². The SMILES string of the molecule is Clc1cccc(NCCNCc2ccccc2)c1Cl. The van der Waals surface area contributed by atoms with Gasteiger partial charge in [0.25, 0.3) is 0 Å². The number of rotatable bonds is 6. The van der Waals surface area contributed by atoms with Gasteiger partial charge in [0.15, 0.2) is 0 Å². The van der Waals surface area contributed by atoms with Crippen molar-refractivity contribution in [3.63, 3.8) is 0 Å². The van der Waals surface area contributed by atoms with E-state index < -0.39 is 0 Å².